The summed E-state index contributed by atoms with van der Waals surface area (Å²) in [4.78, 5) is 38.7. The molecule has 208 valence electrons. The van der Waals surface area contributed by atoms with E-state index in [1.807, 2.05) is 6.07 Å². The van der Waals surface area contributed by atoms with E-state index in [1.165, 1.54) is 40.2 Å². The molecule has 0 bridgehead atoms. The third kappa shape index (κ3) is 5.82. The Morgan fingerprint density at radius 2 is 1.69 bits per heavy atom. The minimum absolute atomic E-state index is 0.0209. The van der Waals surface area contributed by atoms with Gasteiger partial charge >= 0.3 is 5.97 Å². The summed E-state index contributed by atoms with van der Waals surface area (Å²) in [6.07, 6.45) is -1.79. The number of carbonyl (C=O) groups is 2. The molecule has 12 heteroatoms. The molecule has 2 heterocycles. The summed E-state index contributed by atoms with van der Waals surface area (Å²) in [7, 11) is -2.18. The van der Waals surface area contributed by atoms with E-state index < -0.39 is 33.6 Å². The third-order valence-electron chi connectivity index (χ3n) is 6.55. The molecular formula is C27H32N4O7S. The number of anilines is 1. The van der Waals surface area contributed by atoms with Gasteiger partial charge in [-0.15, -0.1) is 0 Å². The fourth-order valence-electron chi connectivity index (χ4n) is 4.48. The summed E-state index contributed by atoms with van der Waals surface area (Å²) in [5.74, 6) is -1.57. The van der Waals surface area contributed by atoms with Gasteiger partial charge in [-0.2, -0.15) is 4.31 Å². The lowest BCUT2D eigenvalue weighted by molar-refractivity contribution is -0.123. The van der Waals surface area contributed by atoms with Gasteiger partial charge in [0.15, 0.2) is 6.10 Å². The van der Waals surface area contributed by atoms with Crippen LogP contribution in [0.4, 0.5) is 5.69 Å². The van der Waals surface area contributed by atoms with Gasteiger partial charge in [0.25, 0.3) is 11.5 Å². The molecule has 3 aromatic rings. The van der Waals surface area contributed by atoms with E-state index in [0.29, 0.717) is 11.4 Å². The molecule has 1 fully saturated rings. The molecule has 0 aliphatic carbocycles. The maximum absolute atomic E-state index is 13.2. The number of amides is 1. The molecule has 1 saturated heterocycles. The molecule has 3 unspecified atom stereocenters. The summed E-state index contributed by atoms with van der Waals surface area (Å²) in [5.41, 5.74) is 0.755. The SMILES string of the molecule is Cc1c(NC(=O)C(C)OC(=O)c2cccc(S(=O)(=O)N3CC(C)OC(C)C3)c2)c(=O)n(-c2ccccc2)n1C. The van der Waals surface area contributed by atoms with Gasteiger partial charge in [0.05, 0.1) is 34.0 Å². The standard InChI is InChI=1S/C27H32N4O7S/c1-17-15-30(16-18(2)37-17)39(35,36)23-13-9-10-21(14-23)27(34)38-20(4)25(32)28-24-19(3)29(5)31(26(24)33)22-11-7-6-8-12-22/h6-14,17-18,20H,15-16H2,1-5H3,(H,28,32). The maximum Gasteiger partial charge on any atom is 0.338 e. The third-order valence-corrected chi connectivity index (χ3v) is 8.38. The molecule has 1 aliphatic heterocycles. The van der Waals surface area contributed by atoms with E-state index in [1.54, 1.807) is 56.8 Å². The molecule has 0 radical (unpaired) electrons. The lowest BCUT2D eigenvalue weighted by atomic mass is 10.2. The largest absolute Gasteiger partial charge is 0.449 e. The molecule has 1 amide bonds. The van der Waals surface area contributed by atoms with Crippen molar-refractivity contribution in [2.75, 3.05) is 18.4 Å². The second-order valence-electron chi connectivity index (χ2n) is 9.58. The van der Waals surface area contributed by atoms with E-state index in [-0.39, 0.29) is 41.4 Å². The number of aromatic nitrogens is 2. The number of esters is 1. The van der Waals surface area contributed by atoms with Crippen molar-refractivity contribution in [3.8, 4) is 5.69 Å². The highest BCUT2D eigenvalue weighted by molar-refractivity contribution is 7.89. The van der Waals surface area contributed by atoms with Gasteiger partial charge in [-0.05, 0) is 58.0 Å². The molecule has 0 saturated carbocycles. The Kier molecular flexibility index (Phi) is 8.09. The minimum Gasteiger partial charge on any atom is -0.449 e. The molecule has 4 rings (SSSR count). The van der Waals surface area contributed by atoms with Crippen molar-refractivity contribution in [3.05, 3.63) is 76.2 Å². The van der Waals surface area contributed by atoms with Crippen LogP contribution >= 0.6 is 0 Å². The van der Waals surface area contributed by atoms with E-state index >= 15 is 0 Å². The van der Waals surface area contributed by atoms with E-state index in [2.05, 4.69) is 5.32 Å². The number of nitrogens with one attached hydrogen (secondary N) is 1. The Morgan fingerprint density at radius 3 is 2.33 bits per heavy atom. The van der Waals surface area contributed by atoms with Crippen LogP contribution < -0.4 is 10.9 Å². The molecular weight excluding hydrogens is 524 g/mol. The molecule has 1 aliphatic rings. The Morgan fingerprint density at radius 1 is 1.05 bits per heavy atom. The number of rotatable bonds is 7. The molecule has 39 heavy (non-hydrogen) atoms. The first-order chi connectivity index (χ1) is 18.4. The van der Waals surface area contributed by atoms with Crippen molar-refractivity contribution in [2.45, 2.75) is 50.9 Å². The van der Waals surface area contributed by atoms with Crippen LogP contribution in [0.1, 0.15) is 36.8 Å². The summed E-state index contributed by atoms with van der Waals surface area (Å²) < 4.78 is 41.7. The normalized spacial score (nSPS) is 18.9. The van der Waals surface area contributed by atoms with Crippen molar-refractivity contribution in [3.63, 3.8) is 0 Å². The first kappa shape index (κ1) is 28.3. The molecule has 3 atom stereocenters. The molecule has 1 aromatic heterocycles. The summed E-state index contributed by atoms with van der Waals surface area (Å²) in [6, 6.07) is 14.5. The predicted octanol–water partition coefficient (Wildman–Crippen LogP) is 2.47. The Hall–Kier alpha value is -3.74. The zero-order chi connectivity index (χ0) is 28.5. The van der Waals surface area contributed by atoms with Crippen LogP contribution in [0.2, 0.25) is 0 Å². The lowest BCUT2D eigenvalue weighted by Gasteiger charge is -2.34. The first-order valence-electron chi connectivity index (χ1n) is 12.5. The smallest absolute Gasteiger partial charge is 0.338 e. The highest BCUT2D eigenvalue weighted by atomic mass is 32.2. The fourth-order valence-corrected chi connectivity index (χ4v) is 6.12. The number of ether oxygens (including phenoxy) is 2. The monoisotopic (exact) mass is 556 g/mol. The van der Waals surface area contributed by atoms with Crippen molar-refractivity contribution in [2.24, 2.45) is 7.05 Å². The number of morpholine rings is 1. The molecule has 0 spiro atoms. The van der Waals surface area contributed by atoms with E-state index in [9.17, 15) is 22.8 Å². The van der Waals surface area contributed by atoms with Crippen LogP contribution in [-0.2, 0) is 31.3 Å². The van der Waals surface area contributed by atoms with E-state index in [0.717, 1.165) is 0 Å². The van der Waals surface area contributed by atoms with Crippen molar-refractivity contribution < 1.29 is 27.5 Å². The van der Waals surface area contributed by atoms with Gasteiger partial charge in [-0.25, -0.2) is 17.9 Å². The average molecular weight is 557 g/mol. The lowest BCUT2D eigenvalue weighted by Crippen LogP contribution is -2.48. The average Bonchev–Trinajstić information content (AvgIpc) is 3.11. The number of para-hydroxylation sites is 1. The molecule has 11 nitrogen and oxygen atoms in total. The summed E-state index contributed by atoms with van der Waals surface area (Å²) in [6.45, 7) is 7.05. The Bertz CT molecular complexity index is 1540. The van der Waals surface area contributed by atoms with Crippen LogP contribution in [0.5, 0.6) is 0 Å². The van der Waals surface area contributed by atoms with Crippen LogP contribution in [0.15, 0.2) is 64.3 Å². The van der Waals surface area contributed by atoms with Crippen LogP contribution in [0, 0.1) is 6.92 Å². The Balaban J connectivity index is 1.48. The number of nitrogens with zero attached hydrogens (tertiary/aromatic N) is 3. The van der Waals surface area contributed by atoms with Gasteiger partial charge in [0.2, 0.25) is 10.0 Å². The highest BCUT2D eigenvalue weighted by Gasteiger charge is 2.33. The van der Waals surface area contributed by atoms with Crippen molar-refractivity contribution >= 4 is 27.6 Å². The minimum atomic E-state index is -3.88. The number of carbonyl (C=O) groups excluding carboxylic acids is 2. The van der Waals surface area contributed by atoms with Crippen molar-refractivity contribution in [1.82, 2.24) is 13.7 Å². The summed E-state index contributed by atoms with van der Waals surface area (Å²) in [5, 5.41) is 2.57. The second-order valence-corrected chi connectivity index (χ2v) is 11.5. The number of hydrogen-bond acceptors (Lipinski definition) is 7. The quantitative estimate of drug-likeness (QED) is 0.443. The van der Waals surface area contributed by atoms with Crippen LogP contribution in [0.25, 0.3) is 5.69 Å². The second kappa shape index (κ2) is 11.2. The number of sulfonamides is 1. The zero-order valence-corrected chi connectivity index (χ0v) is 23.3. The number of hydrogen-bond donors (Lipinski definition) is 1. The van der Waals surface area contributed by atoms with Gasteiger partial charge in [-0.1, -0.05) is 24.3 Å². The number of benzene rings is 2. The molecule has 1 N–H and O–H groups in total. The zero-order valence-electron chi connectivity index (χ0n) is 22.5. The summed E-state index contributed by atoms with van der Waals surface area (Å²) >= 11 is 0. The highest BCUT2D eigenvalue weighted by Crippen LogP contribution is 2.22. The van der Waals surface area contributed by atoms with Gasteiger partial charge in [-0.3, -0.25) is 14.3 Å². The van der Waals surface area contributed by atoms with Gasteiger partial charge < -0.3 is 14.8 Å². The fraction of sp³-hybridized carbons (Fsp3) is 0.370. The Labute approximate surface area is 227 Å². The maximum atomic E-state index is 13.2. The molecule has 2 aromatic carbocycles. The first-order valence-corrected chi connectivity index (χ1v) is 14.0. The predicted molar refractivity (Wildman–Crippen MR) is 144 cm³/mol. The van der Waals surface area contributed by atoms with Crippen LogP contribution in [-0.4, -0.2) is 65.4 Å². The van der Waals surface area contributed by atoms with Crippen LogP contribution in [0.3, 0.4) is 0 Å². The van der Waals surface area contributed by atoms with Gasteiger partial charge in [0.1, 0.15) is 5.69 Å². The van der Waals surface area contributed by atoms with Crippen molar-refractivity contribution in [1.29, 1.82) is 0 Å². The van der Waals surface area contributed by atoms with E-state index in [4.69, 9.17) is 9.47 Å². The topological polar surface area (TPSA) is 129 Å². The van der Waals surface area contributed by atoms with Gasteiger partial charge in [0, 0.05) is 20.1 Å².